The summed E-state index contributed by atoms with van der Waals surface area (Å²) in [4.78, 5) is 0. The molecule has 3 aromatic heterocycles. The van der Waals surface area contributed by atoms with Crippen LogP contribution in [0.1, 0.15) is 0 Å². The van der Waals surface area contributed by atoms with Gasteiger partial charge in [-0.05, 0) is 89.0 Å². The topological polar surface area (TPSA) is 23.0 Å². The van der Waals surface area contributed by atoms with Crippen LogP contribution in [-0.4, -0.2) is 81.1 Å². The van der Waals surface area contributed by atoms with E-state index in [-0.39, 0.29) is 0 Å². The summed E-state index contributed by atoms with van der Waals surface area (Å²) in [6.07, 6.45) is -2.44. The molecule has 0 saturated carbocycles. The molecule has 11 aromatic rings. The normalized spacial score (nSPS) is 11.3. The average Bonchev–Trinajstić information content (AvgIpc) is 3.94. The van der Waals surface area contributed by atoms with Crippen molar-refractivity contribution in [1.29, 1.82) is 0 Å². The molecule has 0 N–H and O–H groups in total. The Morgan fingerprint density at radius 3 is 1.44 bits per heavy atom. The highest BCUT2D eigenvalue weighted by Gasteiger charge is 2.25. The van der Waals surface area contributed by atoms with Crippen molar-refractivity contribution in [3.8, 4) is 33.6 Å². The number of para-hydroxylation sites is 3. The van der Waals surface area contributed by atoms with Crippen molar-refractivity contribution in [3.05, 3.63) is 182 Å². The molecule has 0 atom stereocenters. The van der Waals surface area contributed by atoms with E-state index in [4.69, 9.17) is 50.8 Å². The summed E-state index contributed by atoms with van der Waals surface area (Å²) < 4.78 is 11.1. The maximum absolute atomic E-state index is 6.30. The molecular weight excluding hydrogens is 729 g/mol. The van der Waals surface area contributed by atoms with E-state index in [9.17, 15) is 0 Å². The van der Waals surface area contributed by atoms with Gasteiger partial charge in [-0.15, -0.1) is 0 Å². The van der Waals surface area contributed by atoms with E-state index in [1.165, 1.54) is 65.9 Å². The Bertz CT molecular complexity index is 3380. The molecule has 0 fully saturated rings. The van der Waals surface area contributed by atoms with E-state index >= 15 is 0 Å². The molecule has 0 aliphatic heterocycles. The summed E-state index contributed by atoms with van der Waals surface area (Å²) in [5, 5.41) is 7.22. The molecule has 0 bridgehead atoms. The average molecular weight is 759 g/mol. The fourth-order valence-electron chi connectivity index (χ4n) is 9.01. The van der Waals surface area contributed by atoms with Crippen LogP contribution in [0.2, 0.25) is 0 Å². The Kier molecular flexibility index (Phi) is 10.2. The minimum atomic E-state index is -0.667. The fourth-order valence-corrected chi connectivity index (χ4v) is 9.01. The van der Waals surface area contributed by atoms with E-state index in [2.05, 4.69) is 179 Å². The van der Waals surface area contributed by atoms with Crippen molar-refractivity contribution in [2.45, 2.75) is 0 Å². The van der Waals surface area contributed by atoms with Gasteiger partial charge in [-0.3, -0.25) is 0 Å². The van der Waals surface area contributed by atoms with E-state index in [1.807, 2.05) is 12.1 Å². The first-order chi connectivity index (χ1) is 29.8. The predicted molar refractivity (Wildman–Crippen MR) is 271 cm³/mol. The molecule has 3 heterocycles. The SMILES string of the molecule is [B]B([B])B(B([B])[B])B([B])[B].c1ccc(-c2cccc(-n3c4ccccc4c4cc(-c5ccc6c(c5)c5ccccc5n6-c5cccc6oc7ccccc7c56)ccc43)c2)cc1. The van der Waals surface area contributed by atoms with Gasteiger partial charge in [-0.25, -0.2) is 0 Å². The first-order valence-electron chi connectivity index (χ1n) is 20.4. The zero-order valence-corrected chi connectivity index (χ0v) is 33.4. The highest BCUT2D eigenvalue weighted by Crippen LogP contribution is 2.41. The summed E-state index contributed by atoms with van der Waals surface area (Å²) in [6.45, 7) is 0. The summed E-state index contributed by atoms with van der Waals surface area (Å²) in [5.74, 6) is 0. The molecule has 268 valence electrons. The minimum absolute atomic E-state index is 0.444. The van der Waals surface area contributed by atoms with Gasteiger partial charge in [-0.2, -0.15) is 0 Å². The molecule has 0 aliphatic rings. The van der Waals surface area contributed by atoms with E-state index in [0.717, 1.165) is 33.3 Å². The van der Waals surface area contributed by atoms with Crippen LogP contribution in [0.25, 0.3) is 99.2 Å². The zero-order valence-electron chi connectivity index (χ0n) is 33.4. The molecule has 0 aliphatic carbocycles. The van der Waals surface area contributed by atoms with Crippen LogP contribution in [0.3, 0.4) is 0 Å². The number of furan rings is 1. The Morgan fingerprint density at radius 1 is 0.344 bits per heavy atom. The highest BCUT2D eigenvalue weighted by atomic mass is 16.3. The van der Waals surface area contributed by atoms with Crippen LogP contribution in [0.5, 0.6) is 0 Å². The second-order valence-electron chi connectivity index (χ2n) is 15.6. The molecule has 0 spiro atoms. The Balaban J connectivity index is 0.000000399. The van der Waals surface area contributed by atoms with E-state index in [1.54, 1.807) is 0 Å². The number of nitrogens with zero attached hydrogens (tertiary/aromatic N) is 2. The lowest BCUT2D eigenvalue weighted by Crippen LogP contribution is -2.62. The smallest absolute Gasteiger partial charge is 0.137 e. The van der Waals surface area contributed by atoms with Crippen LogP contribution in [0, 0.1) is 0 Å². The Morgan fingerprint density at radius 2 is 0.820 bits per heavy atom. The Labute approximate surface area is 364 Å². The summed E-state index contributed by atoms with van der Waals surface area (Å²) in [7, 11) is 31.8. The van der Waals surface area contributed by atoms with Crippen molar-refractivity contribution in [3.63, 3.8) is 0 Å². The van der Waals surface area contributed by atoms with Gasteiger partial charge >= 0.3 is 0 Å². The third-order valence-corrected chi connectivity index (χ3v) is 11.8. The summed E-state index contributed by atoms with van der Waals surface area (Å²) in [6, 6.07) is 65.5. The number of benzene rings is 8. The van der Waals surface area contributed by atoms with Crippen LogP contribution in [-0.2, 0) is 0 Å². The fraction of sp³-hybridized carbons (Fsp3) is 0. The maximum atomic E-state index is 6.30. The molecule has 11 rings (SSSR count). The number of hydrogen-bond donors (Lipinski definition) is 0. The minimum Gasteiger partial charge on any atom is -0.456 e. The third-order valence-electron chi connectivity index (χ3n) is 11.8. The number of aromatic nitrogens is 2. The van der Waals surface area contributed by atoms with Gasteiger partial charge in [0.05, 0.1) is 33.1 Å². The second kappa shape index (κ2) is 16.0. The van der Waals surface area contributed by atoms with Crippen LogP contribution >= 0.6 is 0 Å². The quantitative estimate of drug-likeness (QED) is 0.149. The molecule has 8 aromatic carbocycles. The predicted octanol–water partition coefficient (Wildman–Crippen LogP) is 9.31. The maximum Gasteiger partial charge on any atom is 0.137 e. The van der Waals surface area contributed by atoms with E-state index < -0.39 is 25.5 Å². The molecular formula is C48H30B10N2O. The lowest BCUT2D eigenvalue weighted by atomic mass is 8.58. The van der Waals surface area contributed by atoms with Crippen LogP contribution in [0.4, 0.5) is 0 Å². The van der Waals surface area contributed by atoms with Gasteiger partial charge in [0.15, 0.2) is 0 Å². The third kappa shape index (κ3) is 6.89. The van der Waals surface area contributed by atoms with Crippen molar-refractivity contribution in [2.75, 3.05) is 0 Å². The summed E-state index contributed by atoms with van der Waals surface area (Å²) in [5.41, 5.74) is 13.7. The van der Waals surface area contributed by atoms with Crippen molar-refractivity contribution in [2.24, 2.45) is 0 Å². The van der Waals surface area contributed by atoms with Crippen LogP contribution < -0.4 is 0 Å². The number of rotatable bonds is 7. The molecule has 13 heteroatoms. The van der Waals surface area contributed by atoms with Gasteiger partial charge in [0.1, 0.15) is 11.2 Å². The lowest BCUT2D eigenvalue weighted by Gasteiger charge is -2.23. The van der Waals surface area contributed by atoms with Gasteiger partial charge in [0, 0.05) is 105 Å². The molecule has 61 heavy (non-hydrogen) atoms. The van der Waals surface area contributed by atoms with Gasteiger partial charge in [0.25, 0.3) is 0 Å². The highest BCUT2D eigenvalue weighted by molar-refractivity contribution is 8.00. The number of hydrogen-bond acceptors (Lipinski definition) is 1. The van der Waals surface area contributed by atoms with E-state index in [0.29, 0.717) is 0 Å². The lowest BCUT2D eigenvalue weighted by molar-refractivity contribution is 0.669. The van der Waals surface area contributed by atoms with Gasteiger partial charge < -0.3 is 13.6 Å². The molecule has 0 saturated heterocycles. The molecule has 3 nitrogen and oxygen atoms in total. The largest absolute Gasteiger partial charge is 0.456 e. The first-order valence-corrected chi connectivity index (χ1v) is 20.4. The monoisotopic (exact) mass is 760 g/mol. The first kappa shape index (κ1) is 39.0. The second-order valence-corrected chi connectivity index (χ2v) is 15.6. The van der Waals surface area contributed by atoms with Crippen molar-refractivity contribution < 1.29 is 4.42 Å². The van der Waals surface area contributed by atoms with Gasteiger partial charge in [-0.1, -0.05) is 115 Å². The Hall–Kier alpha value is -6.19. The standard InChI is InChI=1S/C48H30N2O.B10/c1-2-12-31(13-3-1)32-14-10-15-35(28-32)49-41-19-7-4-16-36(41)39-29-33(24-26-43(39)49)34-25-27-44-40(30-34)37-17-5-8-20-42(37)50(44)45-21-11-23-47-48(45)38-18-6-9-22-46(38)51-47;1-7(2)10(8(3)4)9(5)6/h1-30H;. The van der Waals surface area contributed by atoms with Crippen molar-refractivity contribution in [1.82, 2.24) is 9.13 Å². The summed E-state index contributed by atoms with van der Waals surface area (Å²) >= 11 is 0. The molecule has 12 radical (unpaired) electrons. The van der Waals surface area contributed by atoms with Crippen LogP contribution in [0.15, 0.2) is 186 Å². The number of fused-ring (bicyclic) bond motifs is 9. The van der Waals surface area contributed by atoms with Gasteiger partial charge in [0.2, 0.25) is 0 Å². The molecule has 0 unspecified atom stereocenters. The zero-order chi connectivity index (χ0) is 41.8. The van der Waals surface area contributed by atoms with Crippen molar-refractivity contribution >= 4 is 138 Å². The molecule has 0 amide bonds.